The topological polar surface area (TPSA) is 80.8 Å². The van der Waals surface area contributed by atoms with Gasteiger partial charge in [-0.25, -0.2) is 0 Å². The van der Waals surface area contributed by atoms with Crippen molar-refractivity contribution >= 4 is 23.2 Å². The molecule has 0 saturated heterocycles. The lowest BCUT2D eigenvalue weighted by atomic mass is 9.94. The molecule has 7 nitrogen and oxygen atoms in total. The summed E-state index contributed by atoms with van der Waals surface area (Å²) in [5, 5.41) is 5.02. The van der Waals surface area contributed by atoms with Gasteiger partial charge in [0, 0.05) is 36.4 Å². The number of aryl methyl sites for hydroxylation is 1. The first-order chi connectivity index (χ1) is 16.1. The third-order valence-electron chi connectivity index (χ3n) is 6.12. The maximum absolute atomic E-state index is 13.0. The second kappa shape index (κ2) is 9.23. The van der Waals surface area contributed by atoms with E-state index in [1.165, 1.54) is 5.56 Å². The lowest BCUT2D eigenvalue weighted by Crippen LogP contribution is -2.38. The number of carbonyl (C=O) groups excluding carboxylic acids is 2. The lowest BCUT2D eigenvalue weighted by Gasteiger charge is -2.30. The number of rotatable bonds is 6. The van der Waals surface area contributed by atoms with Crippen molar-refractivity contribution in [3.63, 3.8) is 0 Å². The van der Waals surface area contributed by atoms with Gasteiger partial charge in [0.25, 0.3) is 0 Å². The molecule has 3 aromatic rings. The number of nitrogens with zero attached hydrogens (tertiary/aromatic N) is 2. The first-order valence-electron chi connectivity index (χ1n) is 11.0. The van der Waals surface area contributed by atoms with Crippen molar-refractivity contribution in [1.82, 2.24) is 15.2 Å². The van der Waals surface area contributed by atoms with Crippen LogP contribution in [0.4, 0.5) is 0 Å². The summed E-state index contributed by atoms with van der Waals surface area (Å²) in [6.45, 7) is 3.83. The first-order valence-corrected chi connectivity index (χ1v) is 11.9. The summed E-state index contributed by atoms with van der Waals surface area (Å²) in [5.41, 5.74) is 5.14. The number of carbonyl (C=O) groups is 2. The fourth-order valence-electron chi connectivity index (χ4n) is 4.33. The van der Waals surface area contributed by atoms with E-state index >= 15 is 0 Å². The lowest BCUT2D eigenvalue weighted by molar-refractivity contribution is -0.131. The smallest absolute Gasteiger partial charge is 0.231 e. The van der Waals surface area contributed by atoms with Crippen LogP contribution in [0.3, 0.4) is 0 Å². The normalized spacial score (nSPS) is 14.2. The van der Waals surface area contributed by atoms with E-state index < -0.39 is 0 Å². The van der Waals surface area contributed by atoms with Gasteiger partial charge in [0.15, 0.2) is 11.5 Å². The van der Waals surface area contributed by atoms with Crippen LogP contribution in [0.1, 0.15) is 32.8 Å². The highest BCUT2D eigenvalue weighted by molar-refractivity contribution is 7.10. The van der Waals surface area contributed by atoms with Crippen LogP contribution < -0.4 is 14.8 Å². The molecule has 2 aromatic heterocycles. The molecule has 2 aliphatic heterocycles. The number of thiophene rings is 1. The van der Waals surface area contributed by atoms with Gasteiger partial charge >= 0.3 is 0 Å². The van der Waals surface area contributed by atoms with Crippen molar-refractivity contribution in [3.8, 4) is 11.5 Å². The van der Waals surface area contributed by atoms with E-state index in [2.05, 4.69) is 10.3 Å². The van der Waals surface area contributed by atoms with Crippen LogP contribution in [0, 0.1) is 6.92 Å². The number of hydrogen-bond donors (Lipinski definition) is 1. The Hall–Kier alpha value is -3.39. The zero-order chi connectivity index (χ0) is 22.8. The van der Waals surface area contributed by atoms with Crippen LogP contribution in [-0.2, 0) is 41.9 Å². The van der Waals surface area contributed by atoms with Gasteiger partial charge < -0.3 is 19.7 Å². The summed E-state index contributed by atoms with van der Waals surface area (Å²) >= 11 is 1.58. The average molecular weight is 464 g/mol. The fraction of sp³-hybridized carbons (Fsp3) is 0.320. The molecule has 0 spiro atoms. The molecule has 33 heavy (non-hydrogen) atoms. The Labute approximate surface area is 196 Å². The van der Waals surface area contributed by atoms with E-state index in [9.17, 15) is 9.59 Å². The molecule has 0 fully saturated rings. The molecule has 0 unspecified atom stereocenters. The highest BCUT2D eigenvalue weighted by Crippen LogP contribution is 2.33. The second-order valence-corrected chi connectivity index (χ2v) is 9.32. The minimum Gasteiger partial charge on any atom is -0.454 e. The Kier molecular flexibility index (Phi) is 6.00. The minimum atomic E-state index is 0.00536. The van der Waals surface area contributed by atoms with E-state index in [4.69, 9.17) is 9.47 Å². The molecule has 1 aromatic carbocycles. The quantitative estimate of drug-likeness (QED) is 0.607. The molecule has 0 bridgehead atoms. The summed E-state index contributed by atoms with van der Waals surface area (Å²) in [7, 11) is 0. The highest BCUT2D eigenvalue weighted by Gasteiger charge is 2.25. The number of amides is 2. The van der Waals surface area contributed by atoms with Crippen LogP contribution in [0.15, 0.2) is 41.9 Å². The highest BCUT2D eigenvalue weighted by atomic mass is 32.1. The third kappa shape index (κ3) is 4.71. The number of aromatic nitrogens is 1. The molecular weight excluding hydrogens is 438 g/mol. The van der Waals surface area contributed by atoms with Gasteiger partial charge in [-0.1, -0.05) is 12.1 Å². The van der Waals surface area contributed by atoms with Crippen LogP contribution >= 0.6 is 11.3 Å². The van der Waals surface area contributed by atoms with Gasteiger partial charge in [-0.15, -0.1) is 11.3 Å². The van der Waals surface area contributed by atoms with Gasteiger partial charge in [-0.05, 0) is 59.2 Å². The van der Waals surface area contributed by atoms with E-state index in [0.29, 0.717) is 38.2 Å². The van der Waals surface area contributed by atoms with E-state index in [1.54, 1.807) is 11.3 Å². The van der Waals surface area contributed by atoms with Crippen LogP contribution in [0.25, 0.3) is 0 Å². The summed E-state index contributed by atoms with van der Waals surface area (Å²) in [6.07, 6.45) is 3.32. The maximum Gasteiger partial charge on any atom is 0.231 e. The molecule has 8 heteroatoms. The summed E-state index contributed by atoms with van der Waals surface area (Å²) in [5.74, 6) is 1.49. The van der Waals surface area contributed by atoms with Crippen molar-refractivity contribution in [2.24, 2.45) is 0 Å². The van der Waals surface area contributed by atoms with Gasteiger partial charge in [0.1, 0.15) is 0 Å². The number of nitrogens with one attached hydrogen (secondary N) is 1. The predicted molar refractivity (Wildman–Crippen MR) is 124 cm³/mol. The van der Waals surface area contributed by atoms with Gasteiger partial charge in [0.05, 0.1) is 12.8 Å². The Morgan fingerprint density at radius 2 is 2.06 bits per heavy atom. The van der Waals surface area contributed by atoms with Crippen LogP contribution in [0.5, 0.6) is 11.5 Å². The SMILES string of the molecule is Cc1ncc2c(c1CNC(=O)Cc1cccs1)CCN(C(=O)Cc1ccc3c(c1)OCO3)C2. The summed E-state index contributed by atoms with van der Waals surface area (Å²) < 4.78 is 10.8. The average Bonchev–Trinajstić information content (AvgIpc) is 3.49. The van der Waals surface area contributed by atoms with E-state index in [0.717, 1.165) is 39.4 Å². The molecule has 2 aliphatic rings. The number of fused-ring (bicyclic) bond motifs is 2. The van der Waals surface area contributed by atoms with E-state index in [1.807, 2.05) is 53.7 Å². The van der Waals surface area contributed by atoms with Crippen LogP contribution in [0.2, 0.25) is 0 Å². The standard InChI is InChI=1S/C25H25N3O4S/c1-16-21(13-27-24(29)11-19-3-2-8-33-19)20-6-7-28(14-18(20)12-26-16)25(30)10-17-4-5-22-23(9-17)32-15-31-22/h2-5,8-9,12H,6-7,10-11,13-15H2,1H3,(H,27,29). The molecule has 0 aliphatic carbocycles. The van der Waals surface area contributed by atoms with E-state index in [-0.39, 0.29) is 18.6 Å². The molecular formula is C25H25N3O4S. The number of benzene rings is 1. The Morgan fingerprint density at radius 3 is 2.91 bits per heavy atom. The second-order valence-electron chi connectivity index (χ2n) is 8.29. The summed E-state index contributed by atoms with van der Waals surface area (Å²) in [4.78, 5) is 32.8. The maximum atomic E-state index is 13.0. The minimum absolute atomic E-state index is 0.00536. The largest absolute Gasteiger partial charge is 0.454 e. The fourth-order valence-corrected chi connectivity index (χ4v) is 5.03. The zero-order valence-electron chi connectivity index (χ0n) is 18.4. The van der Waals surface area contributed by atoms with Gasteiger partial charge in [-0.2, -0.15) is 0 Å². The third-order valence-corrected chi connectivity index (χ3v) is 6.99. The molecule has 5 rings (SSSR count). The molecule has 4 heterocycles. The molecule has 0 atom stereocenters. The number of pyridine rings is 1. The van der Waals surface area contributed by atoms with Crippen molar-refractivity contribution in [1.29, 1.82) is 0 Å². The monoisotopic (exact) mass is 463 g/mol. The van der Waals surface area contributed by atoms with Crippen LogP contribution in [-0.4, -0.2) is 35.0 Å². The predicted octanol–water partition coefficient (Wildman–Crippen LogP) is 3.17. The zero-order valence-corrected chi connectivity index (χ0v) is 19.2. The van der Waals surface area contributed by atoms with Gasteiger partial charge in [0.2, 0.25) is 18.6 Å². The summed E-state index contributed by atoms with van der Waals surface area (Å²) in [6, 6.07) is 9.55. The molecule has 1 N–H and O–H groups in total. The Balaban J connectivity index is 1.23. The molecule has 0 radical (unpaired) electrons. The first kappa shape index (κ1) is 21.5. The number of ether oxygens (including phenoxy) is 2. The molecule has 2 amide bonds. The van der Waals surface area contributed by atoms with Crippen molar-refractivity contribution in [3.05, 3.63) is 74.7 Å². The number of hydrogen-bond acceptors (Lipinski definition) is 6. The Bertz CT molecular complexity index is 1190. The molecule has 0 saturated carbocycles. The molecule has 170 valence electrons. The Morgan fingerprint density at radius 1 is 1.18 bits per heavy atom. The van der Waals surface area contributed by atoms with Crippen molar-refractivity contribution in [2.45, 2.75) is 39.3 Å². The van der Waals surface area contributed by atoms with Gasteiger partial charge in [-0.3, -0.25) is 14.6 Å². The van der Waals surface area contributed by atoms with Crippen molar-refractivity contribution < 1.29 is 19.1 Å². The van der Waals surface area contributed by atoms with Crippen molar-refractivity contribution in [2.75, 3.05) is 13.3 Å².